The van der Waals surface area contributed by atoms with Crippen molar-refractivity contribution < 1.29 is 13.2 Å². The highest BCUT2D eigenvalue weighted by Crippen LogP contribution is 2.24. The Balaban J connectivity index is 1.83. The molecule has 0 aliphatic heterocycles. The molecule has 0 unspecified atom stereocenters. The van der Waals surface area contributed by atoms with Crippen molar-refractivity contribution in [2.75, 3.05) is 0 Å². The van der Waals surface area contributed by atoms with Gasteiger partial charge in [0.05, 0.1) is 10.8 Å². The topological polar surface area (TPSA) is 75.3 Å². The number of sulfonamides is 1. The smallest absolute Gasteiger partial charge is 0.257 e. The van der Waals surface area contributed by atoms with Crippen molar-refractivity contribution in [2.24, 2.45) is 0 Å². The number of hydrogen-bond donors (Lipinski definition) is 2. The number of carbonyl (C=O) groups is 1. The zero-order chi connectivity index (χ0) is 18.4. The third-order valence-corrected chi connectivity index (χ3v) is 5.15. The van der Waals surface area contributed by atoms with Crippen LogP contribution in [-0.4, -0.2) is 14.3 Å². The van der Waals surface area contributed by atoms with Crippen LogP contribution in [0.1, 0.15) is 17.0 Å². The monoisotopic (exact) mass is 366 g/mol. The Hall–Kier alpha value is -2.96. The summed E-state index contributed by atoms with van der Waals surface area (Å²) < 4.78 is 24.6. The highest BCUT2D eigenvalue weighted by molar-refractivity contribution is 7.89. The van der Waals surface area contributed by atoms with Crippen molar-refractivity contribution in [3.8, 4) is 0 Å². The van der Waals surface area contributed by atoms with E-state index in [2.05, 4.69) is 10.3 Å². The molecule has 0 radical (unpaired) electrons. The lowest BCUT2D eigenvalue weighted by Crippen LogP contribution is -2.44. The minimum Gasteiger partial charge on any atom is -0.277 e. The minimum atomic E-state index is -3.84. The fourth-order valence-electron chi connectivity index (χ4n) is 2.63. The maximum atomic E-state index is 12.8. The molecule has 26 heavy (non-hydrogen) atoms. The Kier molecular flexibility index (Phi) is 5.46. The average molecular weight is 366 g/mol. The highest BCUT2D eigenvalue weighted by atomic mass is 32.2. The summed E-state index contributed by atoms with van der Waals surface area (Å²) in [6, 6.07) is 26.3. The van der Waals surface area contributed by atoms with Gasteiger partial charge in [0, 0.05) is 0 Å². The van der Waals surface area contributed by atoms with Crippen molar-refractivity contribution in [2.45, 2.75) is 10.8 Å². The van der Waals surface area contributed by atoms with Crippen LogP contribution in [0.4, 0.5) is 0 Å². The molecule has 2 N–H and O–H groups in total. The first-order valence-corrected chi connectivity index (χ1v) is 9.53. The van der Waals surface area contributed by atoms with Gasteiger partial charge in [-0.1, -0.05) is 78.9 Å². The summed E-state index contributed by atoms with van der Waals surface area (Å²) in [6.07, 6.45) is 0. The van der Waals surface area contributed by atoms with Crippen LogP contribution in [0.15, 0.2) is 95.9 Å². The Morgan fingerprint density at radius 2 is 1.12 bits per heavy atom. The largest absolute Gasteiger partial charge is 0.277 e. The van der Waals surface area contributed by atoms with E-state index in [1.807, 2.05) is 60.7 Å². The zero-order valence-electron chi connectivity index (χ0n) is 13.9. The van der Waals surface area contributed by atoms with Crippen LogP contribution < -0.4 is 10.3 Å². The van der Waals surface area contributed by atoms with Crippen LogP contribution >= 0.6 is 0 Å². The second-order valence-corrected chi connectivity index (χ2v) is 7.34. The van der Waals surface area contributed by atoms with E-state index in [0.717, 1.165) is 11.1 Å². The Morgan fingerprint density at radius 1 is 0.692 bits per heavy atom. The molecule has 0 spiro atoms. The van der Waals surface area contributed by atoms with Crippen LogP contribution in [0.25, 0.3) is 0 Å². The maximum Gasteiger partial charge on any atom is 0.257 e. The van der Waals surface area contributed by atoms with E-state index in [1.165, 1.54) is 12.1 Å². The SMILES string of the molecule is O=C(NNS(=O)(=O)c1ccccc1)C(c1ccccc1)c1ccccc1. The van der Waals surface area contributed by atoms with E-state index >= 15 is 0 Å². The van der Waals surface area contributed by atoms with Gasteiger partial charge in [0.25, 0.3) is 10.0 Å². The van der Waals surface area contributed by atoms with Crippen LogP contribution in [0.2, 0.25) is 0 Å². The molecule has 3 aromatic carbocycles. The van der Waals surface area contributed by atoms with Crippen LogP contribution in [0, 0.1) is 0 Å². The first-order chi connectivity index (χ1) is 12.6. The van der Waals surface area contributed by atoms with Crippen molar-refractivity contribution in [3.05, 3.63) is 102 Å². The molecule has 0 fully saturated rings. The Bertz CT molecular complexity index is 920. The van der Waals surface area contributed by atoms with Gasteiger partial charge in [-0.15, -0.1) is 4.83 Å². The number of hydrazine groups is 1. The summed E-state index contributed by atoms with van der Waals surface area (Å²) in [5, 5.41) is 0. The van der Waals surface area contributed by atoms with Crippen LogP contribution in [-0.2, 0) is 14.8 Å². The molecular formula is C20H18N2O3S. The summed E-state index contributed by atoms with van der Waals surface area (Å²) >= 11 is 0. The van der Waals surface area contributed by atoms with E-state index in [9.17, 15) is 13.2 Å². The summed E-state index contributed by atoms with van der Waals surface area (Å²) in [7, 11) is -3.84. The zero-order valence-corrected chi connectivity index (χ0v) is 14.7. The summed E-state index contributed by atoms with van der Waals surface area (Å²) in [5.41, 5.74) is 3.89. The number of carbonyl (C=O) groups excluding carboxylic acids is 1. The molecule has 0 aromatic heterocycles. The van der Waals surface area contributed by atoms with Crippen molar-refractivity contribution in [3.63, 3.8) is 0 Å². The van der Waals surface area contributed by atoms with E-state index < -0.39 is 21.8 Å². The number of nitrogens with one attached hydrogen (secondary N) is 2. The standard InChI is InChI=1S/C20H18N2O3S/c23-20(21-22-26(24,25)18-14-8-3-9-15-18)19(16-10-4-1-5-11-16)17-12-6-2-7-13-17/h1-15,19,22H,(H,21,23). The molecule has 0 bridgehead atoms. The lowest BCUT2D eigenvalue weighted by Gasteiger charge is -2.18. The van der Waals surface area contributed by atoms with Gasteiger partial charge in [-0.25, -0.2) is 8.42 Å². The summed E-state index contributed by atoms with van der Waals surface area (Å²) in [5.74, 6) is -1.09. The van der Waals surface area contributed by atoms with E-state index in [0.29, 0.717) is 0 Å². The van der Waals surface area contributed by atoms with Gasteiger partial charge in [-0.2, -0.15) is 0 Å². The maximum absolute atomic E-state index is 12.8. The summed E-state index contributed by atoms with van der Waals surface area (Å²) in [6.45, 7) is 0. The molecule has 1 amide bonds. The first kappa shape index (κ1) is 17.8. The molecule has 132 valence electrons. The average Bonchev–Trinajstić information content (AvgIpc) is 2.69. The van der Waals surface area contributed by atoms with Gasteiger partial charge in [0.1, 0.15) is 0 Å². The number of amides is 1. The van der Waals surface area contributed by atoms with Gasteiger partial charge in [-0.3, -0.25) is 10.2 Å². The van der Waals surface area contributed by atoms with Crippen molar-refractivity contribution in [1.82, 2.24) is 10.3 Å². The lowest BCUT2D eigenvalue weighted by atomic mass is 9.91. The second-order valence-electron chi connectivity index (χ2n) is 5.66. The number of benzene rings is 3. The third-order valence-electron chi connectivity index (χ3n) is 3.89. The molecule has 0 saturated heterocycles. The molecule has 0 aliphatic carbocycles. The molecule has 5 nitrogen and oxygen atoms in total. The first-order valence-electron chi connectivity index (χ1n) is 8.04. The van der Waals surface area contributed by atoms with E-state index in [4.69, 9.17) is 0 Å². The molecule has 0 aliphatic rings. The Labute approximate surface area is 152 Å². The summed E-state index contributed by atoms with van der Waals surface area (Å²) in [4.78, 5) is 15.0. The highest BCUT2D eigenvalue weighted by Gasteiger charge is 2.24. The van der Waals surface area contributed by atoms with E-state index in [1.54, 1.807) is 18.2 Å². The molecule has 0 atom stereocenters. The Morgan fingerprint density at radius 3 is 1.58 bits per heavy atom. The minimum absolute atomic E-state index is 0.0799. The van der Waals surface area contributed by atoms with Gasteiger partial charge in [0.2, 0.25) is 5.91 Å². The predicted octanol–water partition coefficient (Wildman–Crippen LogP) is 2.83. The molecule has 0 saturated carbocycles. The normalized spacial score (nSPS) is 11.3. The fourth-order valence-corrected chi connectivity index (χ4v) is 3.50. The molecule has 0 heterocycles. The van der Waals surface area contributed by atoms with Gasteiger partial charge < -0.3 is 0 Å². The molecule has 3 aromatic rings. The van der Waals surface area contributed by atoms with Crippen molar-refractivity contribution in [1.29, 1.82) is 0 Å². The molecular weight excluding hydrogens is 348 g/mol. The van der Waals surface area contributed by atoms with Gasteiger partial charge in [0.15, 0.2) is 0 Å². The van der Waals surface area contributed by atoms with Crippen LogP contribution in [0.5, 0.6) is 0 Å². The number of rotatable bonds is 6. The van der Waals surface area contributed by atoms with Gasteiger partial charge >= 0.3 is 0 Å². The van der Waals surface area contributed by atoms with Gasteiger partial charge in [-0.05, 0) is 23.3 Å². The van der Waals surface area contributed by atoms with Crippen LogP contribution in [0.3, 0.4) is 0 Å². The molecule has 6 heteroatoms. The fraction of sp³-hybridized carbons (Fsp3) is 0.0500. The quantitative estimate of drug-likeness (QED) is 0.659. The van der Waals surface area contributed by atoms with E-state index in [-0.39, 0.29) is 4.90 Å². The molecule has 3 rings (SSSR count). The number of hydrogen-bond acceptors (Lipinski definition) is 3. The van der Waals surface area contributed by atoms with Crippen molar-refractivity contribution >= 4 is 15.9 Å². The second kappa shape index (κ2) is 7.95. The predicted molar refractivity (Wildman–Crippen MR) is 99.6 cm³/mol. The third kappa shape index (κ3) is 4.17. The lowest BCUT2D eigenvalue weighted by molar-refractivity contribution is -0.122.